The number of nitrogens with zero attached hydrogens (tertiary/aromatic N) is 1. The maximum atomic E-state index is 5.48. The van der Waals surface area contributed by atoms with Crippen LogP contribution in [0.1, 0.15) is 0 Å². The Hall–Kier alpha value is -0.560. The molecule has 0 saturated heterocycles. The maximum Gasteiger partial charge on any atom is 0.0589 e. The quantitative estimate of drug-likeness (QED) is 0.501. The molecule has 1 rings (SSSR count). The lowest BCUT2D eigenvalue weighted by Crippen LogP contribution is -1.64. The Labute approximate surface area is 47.0 Å². The highest BCUT2D eigenvalue weighted by molar-refractivity contribution is 6.30. The van der Waals surface area contributed by atoms with Gasteiger partial charge in [-0.15, -0.1) is 0 Å². The second-order valence-corrected chi connectivity index (χ2v) is 1.61. The highest BCUT2D eigenvalue weighted by Crippen LogP contribution is 2.00. The zero-order chi connectivity index (χ0) is 5.11. The summed E-state index contributed by atoms with van der Waals surface area (Å²) in [5.41, 5.74) is 0. The smallest absolute Gasteiger partial charge is 0.0589 e. The van der Waals surface area contributed by atoms with E-state index in [1.165, 1.54) is 0 Å². The Bertz CT molecular complexity index is 138. The van der Waals surface area contributed by atoms with Gasteiger partial charge in [0.2, 0.25) is 0 Å². The van der Waals surface area contributed by atoms with Gasteiger partial charge in [0, 0.05) is 12.4 Å². The Kier molecular flexibility index (Phi) is 1.27. The average molecular weight is 115 g/mol. The van der Waals surface area contributed by atoms with Gasteiger partial charge >= 0.3 is 0 Å². The number of pyridine rings is 1. The summed E-state index contributed by atoms with van der Waals surface area (Å²) in [4.78, 5) is 3.75. The molecule has 0 aliphatic heterocycles. The van der Waals surface area contributed by atoms with Crippen molar-refractivity contribution in [2.75, 3.05) is 0 Å². The molecule has 0 radical (unpaired) electrons. The topological polar surface area (TPSA) is 12.9 Å². The summed E-state index contributed by atoms with van der Waals surface area (Å²) in [7, 11) is 0. The number of halogens is 1. The highest BCUT2D eigenvalue weighted by Gasteiger charge is 1.76. The first-order chi connectivity index (χ1) is 3.39. The molecule has 0 aromatic carbocycles. The average Bonchev–Trinajstić information content (AvgIpc) is 1.69. The monoisotopic (exact) mass is 114 g/mol. The fourth-order valence-electron chi connectivity index (χ4n) is 0.342. The van der Waals surface area contributed by atoms with Crippen molar-refractivity contribution in [2.45, 2.75) is 0 Å². The third kappa shape index (κ3) is 1.16. The van der Waals surface area contributed by atoms with E-state index in [-0.39, 0.29) is 0 Å². The van der Waals surface area contributed by atoms with Crippen molar-refractivity contribution < 1.29 is 0 Å². The minimum Gasteiger partial charge on any atom is -0.263 e. The SMILES string of the molecule is Clc1ccc[15n]c1. The Morgan fingerprint density at radius 3 is 2.71 bits per heavy atom. The van der Waals surface area contributed by atoms with Crippen LogP contribution in [0.2, 0.25) is 5.02 Å². The number of rotatable bonds is 0. The van der Waals surface area contributed by atoms with Gasteiger partial charge in [0.1, 0.15) is 0 Å². The number of hydrogen-bond donors (Lipinski definition) is 0. The van der Waals surface area contributed by atoms with Crippen molar-refractivity contribution in [2.24, 2.45) is 0 Å². The first-order valence-corrected chi connectivity index (χ1v) is 2.33. The van der Waals surface area contributed by atoms with Gasteiger partial charge in [-0.25, -0.2) is 0 Å². The van der Waals surface area contributed by atoms with Crippen LogP contribution < -0.4 is 0 Å². The minimum atomic E-state index is 0.683. The van der Waals surface area contributed by atoms with E-state index in [4.69, 9.17) is 11.6 Å². The highest BCUT2D eigenvalue weighted by atomic mass is 35.5. The molecule has 2 heteroatoms. The molecule has 1 heterocycles. The van der Waals surface area contributed by atoms with Crippen molar-refractivity contribution in [3.63, 3.8) is 0 Å². The fraction of sp³-hybridized carbons (Fsp3) is 0. The van der Waals surface area contributed by atoms with Gasteiger partial charge < -0.3 is 0 Å². The lowest BCUT2D eigenvalue weighted by atomic mass is 10.5. The molecule has 7 heavy (non-hydrogen) atoms. The van der Waals surface area contributed by atoms with E-state index in [1.807, 2.05) is 0 Å². The first-order valence-electron chi connectivity index (χ1n) is 1.95. The second-order valence-electron chi connectivity index (χ2n) is 1.17. The van der Waals surface area contributed by atoms with E-state index in [9.17, 15) is 0 Å². The fourth-order valence-corrected chi connectivity index (χ4v) is 0.471. The molecule has 0 atom stereocenters. The molecule has 0 amide bonds. The van der Waals surface area contributed by atoms with Crippen LogP contribution in [-0.2, 0) is 0 Å². The third-order valence-electron chi connectivity index (χ3n) is 0.625. The zero-order valence-electron chi connectivity index (χ0n) is 3.63. The van der Waals surface area contributed by atoms with Crippen molar-refractivity contribution in [1.29, 1.82) is 0 Å². The lowest BCUT2D eigenvalue weighted by molar-refractivity contribution is 1.33. The van der Waals surface area contributed by atoms with Gasteiger partial charge in [0.15, 0.2) is 0 Å². The predicted molar refractivity (Wildman–Crippen MR) is 29.2 cm³/mol. The van der Waals surface area contributed by atoms with Gasteiger partial charge in [-0.3, -0.25) is 4.98 Å². The largest absolute Gasteiger partial charge is 0.263 e. The van der Waals surface area contributed by atoms with E-state index in [1.54, 1.807) is 24.5 Å². The van der Waals surface area contributed by atoms with E-state index in [0.29, 0.717) is 5.02 Å². The Morgan fingerprint density at radius 1 is 1.57 bits per heavy atom. The van der Waals surface area contributed by atoms with Crippen LogP contribution in [0.4, 0.5) is 0 Å². The van der Waals surface area contributed by atoms with Crippen LogP contribution in [0.3, 0.4) is 0 Å². The van der Waals surface area contributed by atoms with Crippen molar-refractivity contribution in [3.05, 3.63) is 29.5 Å². The molecule has 0 N–H and O–H groups in total. The first kappa shape index (κ1) is 4.60. The van der Waals surface area contributed by atoms with Crippen LogP contribution in [-0.4, -0.2) is 4.98 Å². The number of aromatic nitrogens is 1. The molecule has 36 valence electrons. The van der Waals surface area contributed by atoms with E-state index < -0.39 is 0 Å². The lowest BCUT2D eigenvalue weighted by Gasteiger charge is -1.79. The normalized spacial score (nSPS) is 8.71. The summed E-state index contributed by atoms with van der Waals surface area (Å²) < 4.78 is 0. The van der Waals surface area contributed by atoms with E-state index in [2.05, 4.69) is 4.98 Å². The molecule has 1 aromatic rings. The summed E-state index contributed by atoms with van der Waals surface area (Å²) >= 11 is 5.48. The predicted octanol–water partition coefficient (Wildman–Crippen LogP) is 1.73. The standard InChI is InChI=1S/C5H4ClN/c6-5-2-1-3-7-4-5/h1-4H/i7+1. The summed E-state index contributed by atoms with van der Waals surface area (Å²) in [6, 6.07) is 3.58. The van der Waals surface area contributed by atoms with Crippen LogP contribution in [0.25, 0.3) is 0 Å². The van der Waals surface area contributed by atoms with Gasteiger partial charge in [-0.1, -0.05) is 11.6 Å². The molecule has 0 bridgehead atoms. The number of hydrogen-bond acceptors (Lipinski definition) is 1. The molecule has 0 aliphatic rings. The van der Waals surface area contributed by atoms with Gasteiger partial charge in [-0.05, 0) is 12.1 Å². The molecule has 1 aromatic heterocycles. The van der Waals surface area contributed by atoms with Crippen molar-refractivity contribution >= 4 is 11.6 Å². The molecular weight excluding hydrogens is 111 g/mol. The van der Waals surface area contributed by atoms with Crippen molar-refractivity contribution in [1.82, 2.24) is 4.98 Å². The maximum absolute atomic E-state index is 5.48. The molecule has 0 spiro atoms. The van der Waals surface area contributed by atoms with Gasteiger partial charge in [0.25, 0.3) is 0 Å². The molecule has 0 saturated carbocycles. The summed E-state index contributed by atoms with van der Waals surface area (Å²) in [5.74, 6) is 0. The zero-order valence-corrected chi connectivity index (χ0v) is 4.39. The second kappa shape index (κ2) is 1.94. The van der Waals surface area contributed by atoms with E-state index in [0.717, 1.165) is 0 Å². The van der Waals surface area contributed by atoms with Crippen molar-refractivity contribution in [3.8, 4) is 0 Å². The van der Waals surface area contributed by atoms with Crippen LogP contribution in [0, 0.1) is 0 Å². The van der Waals surface area contributed by atoms with Gasteiger partial charge in [0.05, 0.1) is 5.02 Å². The van der Waals surface area contributed by atoms with Crippen LogP contribution in [0.5, 0.6) is 0 Å². The molecule has 1 nitrogen and oxygen atoms in total. The molecule has 0 fully saturated rings. The third-order valence-corrected chi connectivity index (χ3v) is 0.849. The van der Waals surface area contributed by atoms with Gasteiger partial charge in [-0.2, -0.15) is 0 Å². The summed E-state index contributed by atoms with van der Waals surface area (Å²) in [5, 5.41) is 0.683. The summed E-state index contributed by atoms with van der Waals surface area (Å²) in [6.45, 7) is 0. The Morgan fingerprint density at radius 2 is 2.43 bits per heavy atom. The van der Waals surface area contributed by atoms with E-state index >= 15 is 0 Å². The minimum absolute atomic E-state index is 0.683. The van der Waals surface area contributed by atoms with Crippen LogP contribution >= 0.6 is 11.6 Å². The molecular formula is C5H4ClN. The van der Waals surface area contributed by atoms with Crippen LogP contribution in [0.15, 0.2) is 24.5 Å². The molecule has 0 unspecified atom stereocenters. The molecule has 0 aliphatic carbocycles. The Balaban J connectivity index is 3.02. The summed E-state index contributed by atoms with van der Waals surface area (Å²) in [6.07, 6.45) is 3.29.